The summed E-state index contributed by atoms with van der Waals surface area (Å²) in [6, 6.07) is 4.21. The quantitative estimate of drug-likeness (QED) is 0.324. The minimum atomic E-state index is -0.629. The lowest BCUT2D eigenvalue weighted by atomic mass is 10.2. The first kappa shape index (κ1) is 14.3. The Hall–Kier alpha value is -1.79. The Morgan fingerprint density at radius 2 is 2.00 bits per heavy atom. The van der Waals surface area contributed by atoms with Crippen molar-refractivity contribution in [2.75, 3.05) is 39.3 Å². The first-order valence-corrected chi connectivity index (χ1v) is 5.47. The summed E-state index contributed by atoms with van der Waals surface area (Å²) in [5.41, 5.74) is 5.95. The van der Waals surface area contributed by atoms with Crippen LogP contribution in [-0.2, 0) is 14.2 Å². The standard InChI is InChI=1S/C12H17NO5/c1-16-4-5-17-6-7-18-12(15)10-8-9(13)2-3-11(10)14/h2-3,8,14H,4-7,13H2,1H3. The van der Waals surface area contributed by atoms with Gasteiger partial charge in [-0.1, -0.05) is 0 Å². The van der Waals surface area contributed by atoms with Crippen LogP contribution in [0.15, 0.2) is 18.2 Å². The summed E-state index contributed by atoms with van der Waals surface area (Å²) in [5.74, 6) is -0.787. The normalized spacial score (nSPS) is 10.3. The second-order valence-electron chi connectivity index (χ2n) is 3.52. The van der Waals surface area contributed by atoms with Gasteiger partial charge in [0.05, 0.1) is 19.8 Å². The first-order chi connectivity index (χ1) is 8.65. The van der Waals surface area contributed by atoms with Crippen molar-refractivity contribution in [3.8, 4) is 5.75 Å². The third kappa shape index (κ3) is 4.60. The van der Waals surface area contributed by atoms with Crippen molar-refractivity contribution >= 4 is 11.7 Å². The van der Waals surface area contributed by atoms with Gasteiger partial charge in [-0.2, -0.15) is 0 Å². The molecule has 0 saturated heterocycles. The Labute approximate surface area is 105 Å². The molecule has 0 heterocycles. The molecule has 6 nitrogen and oxygen atoms in total. The molecular formula is C12H17NO5. The zero-order valence-electron chi connectivity index (χ0n) is 10.2. The van der Waals surface area contributed by atoms with Crippen molar-refractivity contribution in [3.05, 3.63) is 23.8 Å². The molecular weight excluding hydrogens is 238 g/mol. The number of carbonyl (C=O) groups is 1. The molecule has 0 aliphatic carbocycles. The van der Waals surface area contributed by atoms with Crippen LogP contribution < -0.4 is 5.73 Å². The van der Waals surface area contributed by atoms with E-state index in [-0.39, 0.29) is 24.5 Å². The molecule has 1 rings (SSSR count). The van der Waals surface area contributed by atoms with Crippen molar-refractivity contribution in [2.24, 2.45) is 0 Å². The van der Waals surface area contributed by atoms with Gasteiger partial charge in [-0.15, -0.1) is 0 Å². The van der Waals surface area contributed by atoms with Crippen molar-refractivity contribution in [1.82, 2.24) is 0 Å². The van der Waals surface area contributed by atoms with Gasteiger partial charge in [0.25, 0.3) is 0 Å². The number of phenols is 1. The fourth-order valence-corrected chi connectivity index (χ4v) is 1.23. The lowest BCUT2D eigenvalue weighted by Gasteiger charge is -2.07. The predicted molar refractivity (Wildman–Crippen MR) is 65.5 cm³/mol. The smallest absolute Gasteiger partial charge is 0.342 e. The van der Waals surface area contributed by atoms with Crippen LogP contribution in [0.4, 0.5) is 5.69 Å². The van der Waals surface area contributed by atoms with Crippen LogP contribution >= 0.6 is 0 Å². The summed E-state index contributed by atoms with van der Waals surface area (Å²) in [4.78, 5) is 11.6. The zero-order valence-corrected chi connectivity index (χ0v) is 10.2. The van der Waals surface area contributed by atoms with Crippen molar-refractivity contribution in [3.63, 3.8) is 0 Å². The van der Waals surface area contributed by atoms with E-state index in [2.05, 4.69) is 0 Å². The Morgan fingerprint density at radius 3 is 2.72 bits per heavy atom. The monoisotopic (exact) mass is 255 g/mol. The molecule has 0 saturated carbocycles. The Morgan fingerprint density at radius 1 is 1.28 bits per heavy atom. The van der Waals surface area contributed by atoms with E-state index >= 15 is 0 Å². The molecule has 0 amide bonds. The fraction of sp³-hybridized carbons (Fsp3) is 0.417. The van der Waals surface area contributed by atoms with Gasteiger partial charge in [0.2, 0.25) is 0 Å². The van der Waals surface area contributed by atoms with Gasteiger partial charge < -0.3 is 25.1 Å². The maximum atomic E-state index is 11.6. The Bertz CT molecular complexity index is 394. The molecule has 0 unspecified atom stereocenters. The molecule has 0 spiro atoms. The number of methoxy groups -OCH3 is 1. The molecule has 0 bridgehead atoms. The highest BCUT2D eigenvalue weighted by Crippen LogP contribution is 2.20. The summed E-state index contributed by atoms with van der Waals surface area (Å²) in [6.07, 6.45) is 0. The van der Waals surface area contributed by atoms with Gasteiger partial charge in [-0.05, 0) is 18.2 Å². The molecule has 0 aliphatic rings. The van der Waals surface area contributed by atoms with E-state index in [1.807, 2.05) is 0 Å². The number of phenolic OH excluding ortho intramolecular Hbond substituents is 1. The van der Waals surface area contributed by atoms with Crippen molar-refractivity contribution in [2.45, 2.75) is 0 Å². The van der Waals surface area contributed by atoms with E-state index in [0.29, 0.717) is 18.9 Å². The highest BCUT2D eigenvalue weighted by molar-refractivity contribution is 5.93. The van der Waals surface area contributed by atoms with Crippen LogP contribution in [0.5, 0.6) is 5.75 Å². The van der Waals surface area contributed by atoms with Crippen LogP contribution in [0.1, 0.15) is 10.4 Å². The number of nitrogens with two attached hydrogens (primary N) is 1. The molecule has 100 valence electrons. The second kappa shape index (κ2) is 7.52. The number of benzene rings is 1. The van der Waals surface area contributed by atoms with E-state index in [1.54, 1.807) is 7.11 Å². The van der Waals surface area contributed by atoms with Crippen LogP contribution in [0.2, 0.25) is 0 Å². The van der Waals surface area contributed by atoms with E-state index in [9.17, 15) is 9.90 Å². The number of hydrogen-bond donors (Lipinski definition) is 2. The van der Waals surface area contributed by atoms with Gasteiger partial charge in [0.1, 0.15) is 17.9 Å². The van der Waals surface area contributed by atoms with Crippen LogP contribution in [0.3, 0.4) is 0 Å². The van der Waals surface area contributed by atoms with E-state index in [0.717, 1.165) is 0 Å². The lowest BCUT2D eigenvalue weighted by Crippen LogP contribution is -2.13. The first-order valence-electron chi connectivity index (χ1n) is 5.47. The molecule has 1 aromatic rings. The van der Waals surface area contributed by atoms with Gasteiger partial charge in [0.15, 0.2) is 0 Å². The minimum absolute atomic E-state index is 0.0480. The van der Waals surface area contributed by atoms with Crippen molar-refractivity contribution in [1.29, 1.82) is 0 Å². The molecule has 18 heavy (non-hydrogen) atoms. The van der Waals surface area contributed by atoms with E-state index in [4.69, 9.17) is 19.9 Å². The summed E-state index contributed by atoms with van der Waals surface area (Å²) in [7, 11) is 1.58. The van der Waals surface area contributed by atoms with Gasteiger partial charge >= 0.3 is 5.97 Å². The number of nitrogen functional groups attached to an aromatic ring is 1. The number of aromatic hydroxyl groups is 1. The van der Waals surface area contributed by atoms with Crippen LogP contribution in [-0.4, -0.2) is 44.6 Å². The molecule has 3 N–H and O–H groups in total. The van der Waals surface area contributed by atoms with Crippen molar-refractivity contribution < 1.29 is 24.1 Å². The molecule has 1 aromatic carbocycles. The second-order valence-corrected chi connectivity index (χ2v) is 3.52. The summed E-state index contributed by atoms with van der Waals surface area (Å²) in [6.45, 7) is 1.32. The topological polar surface area (TPSA) is 91.0 Å². The fourth-order valence-electron chi connectivity index (χ4n) is 1.23. The maximum absolute atomic E-state index is 11.6. The number of esters is 1. The minimum Gasteiger partial charge on any atom is -0.507 e. The largest absolute Gasteiger partial charge is 0.507 e. The van der Waals surface area contributed by atoms with Crippen LogP contribution in [0, 0.1) is 0 Å². The summed E-state index contributed by atoms with van der Waals surface area (Å²) >= 11 is 0. The zero-order chi connectivity index (χ0) is 13.4. The number of carbonyl (C=O) groups excluding carboxylic acids is 1. The summed E-state index contributed by atoms with van der Waals surface area (Å²) in [5, 5.41) is 9.47. The van der Waals surface area contributed by atoms with Crippen LogP contribution in [0.25, 0.3) is 0 Å². The average molecular weight is 255 g/mol. The molecule has 0 atom stereocenters. The van der Waals surface area contributed by atoms with Gasteiger partial charge in [0, 0.05) is 12.8 Å². The molecule has 0 radical (unpaired) electrons. The molecule has 0 aliphatic heterocycles. The highest BCUT2D eigenvalue weighted by atomic mass is 16.6. The lowest BCUT2D eigenvalue weighted by molar-refractivity contribution is 0.0212. The Balaban J connectivity index is 2.34. The van der Waals surface area contributed by atoms with Gasteiger partial charge in [-0.3, -0.25) is 0 Å². The third-order valence-electron chi connectivity index (χ3n) is 2.13. The predicted octanol–water partition coefficient (Wildman–Crippen LogP) is 0.794. The van der Waals surface area contributed by atoms with Gasteiger partial charge in [-0.25, -0.2) is 4.79 Å². The number of anilines is 1. The molecule has 6 heteroatoms. The highest BCUT2D eigenvalue weighted by Gasteiger charge is 2.12. The van der Waals surface area contributed by atoms with E-state index in [1.165, 1.54) is 18.2 Å². The third-order valence-corrected chi connectivity index (χ3v) is 2.13. The Kier molecular flexibility index (Phi) is 5.96. The van der Waals surface area contributed by atoms with E-state index < -0.39 is 5.97 Å². The molecule has 0 aromatic heterocycles. The number of hydrogen-bond acceptors (Lipinski definition) is 6. The SMILES string of the molecule is COCCOCCOC(=O)c1cc(N)ccc1O. The summed E-state index contributed by atoms with van der Waals surface area (Å²) < 4.78 is 14.8. The maximum Gasteiger partial charge on any atom is 0.342 e. The average Bonchev–Trinajstić information content (AvgIpc) is 2.36. The number of rotatable bonds is 7. The number of ether oxygens (including phenoxy) is 3. The molecule has 0 fully saturated rings.